The van der Waals surface area contributed by atoms with Crippen molar-refractivity contribution in [3.63, 3.8) is 0 Å². The number of rotatable bonds is 2. The fourth-order valence-electron chi connectivity index (χ4n) is 0.930. The number of ether oxygens (including phenoxy) is 1. The van der Waals surface area contributed by atoms with E-state index in [1.165, 1.54) is 12.1 Å². The molecule has 1 aromatic carbocycles. The zero-order valence-corrected chi connectivity index (χ0v) is 8.27. The van der Waals surface area contributed by atoms with Crippen LogP contribution < -0.4 is 5.32 Å². The molecule has 0 saturated heterocycles. The number of hydrogen-bond acceptors (Lipinski definition) is 2. The highest BCUT2D eigenvalue weighted by atomic mass is 35.5. The van der Waals surface area contributed by atoms with E-state index in [4.69, 9.17) is 11.6 Å². The Bertz CT molecular complexity index is 344. The molecule has 0 unspecified atom stereocenters. The van der Waals surface area contributed by atoms with Gasteiger partial charge in [-0.25, -0.2) is 9.18 Å². The lowest BCUT2D eigenvalue weighted by atomic mass is 10.2. The molecule has 14 heavy (non-hydrogen) atoms. The third-order valence-corrected chi connectivity index (χ3v) is 1.65. The Morgan fingerprint density at radius 1 is 1.64 bits per heavy atom. The zero-order chi connectivity index (χ0) is 10.6. The quantitative estimate of drug-likeness (QED) is 0.774. The SMILES string of the molecule is Cc1ccc(F)c(NC(=O)OCCl)c1. The van der Waals surface area contributed by atoms with Gasteiger partial charge in [0, 0.05) is 0 Å². The van der Waals surface area contributed by atoms with E-state index in [2.05, 4.69) is 10.1 Å². The Morgan fingerprint density at radius 2 is 2.36 bits per heavy atom. The van der Waals surface area contributed by atoms with Crippen molar-refractivity contribution in [2.24, 2.45) is 0 Å². The van der Waals surface area contributed by atoms with Crippen LogP contribution >= 0.6 is 11.6 Å². The largest absolute Gasteiger partial charge is 0.433 e. The van der Waals surface area contributed by atoms with Gasteiger partial charge in [-0.1, -0.05) is 17.7 Å². The van der Waals surface area contributed by atoms with Gasteiger partial charge >= 0.3 is 6.09 Å². The summed E-state index contributed by atoms with van der Waals surface area (Å²) in [7, 11) is 0. The minimum absolute atomic E-state index is 0.0834. The van der Waals surface area contributed by atoms with Gasteiger partial charge in [0.1, 0.15) is 5.82 Å². The topological polar surface area (TPSA) is 38.3 Å². The lowest BCUT2D eigenvalue weighted by Gasteiger charge is -2.06. The lowest BCUT2D eigenvalue weighted by molar-refractivity contribution is 0.180. The van der Waals surface area contributed by atoms with E-state index in [0.29, 0.717) is 0 Å². The maximum absolute atomic E-state index is 13.1. The van der Waals surface area contributed by atoms with Crippen LogP contribution in [0.15, 0.2) is 18.2 Å². The number of alkyl halides is 1. The summed E-state index contributed by atoms with van der Waals surface area (Å²) in [6.45, 7) is 1.79. The molecule has 0 saturated carbocycles. The normalized spacial score (nSPS) is 9.64. The summed E-state index contributed by atoms with van der Waals surface area (Å²) >= 11 is 5.16. The number of carbonyl (C=O) groups excluding carboxylic acids is 1. The predicted molar refractivity (Wildman–Crippen MR) is 52.0 cm³/mol. The molecule has 0 atom stereocenters. The fourth-order valence-corrected chi connectivity index (χ4v) is 1.03. The van der Waals surface area contributed by atoms with E-state index in [1.54, 1.807) is 13.0 Å². The van der Waals surface area contributed by atoms with Gasteiger partial charge in [-0.05, 0) is 24.6 Å². The number of halogens is 2. The molecule has 0 spiro atoms. The lowest BCUT2D eigenvalue weighted by Crippen LogP contribution is -2.13. The van der Waals surface area contributed by atoms with Gasteiger partial charge in [-0.2, -0.15) is 0 Å². The first-order valence-corrected chi connectivity index (χ1v) is 4.43. The van der Waals surface area contributed by atoms with E-state index in [1.807, 2.05) is 0 Å². The maximum Gasteiger partial charge on any atom is 0.412 e. The molecule has 1 N–H and O–H groups in total. The number of anilines is 1. The zero-order valence-electron chi connectivity index (χ0n) is 7.51. The number of amides is 1. The van der Waals surface area contributed by atoms with E-state index in [9.17, 15) is 9.18 Å². The fraction of sp³-hybridized carbons (Fsp3) is 0.222. The molecule has 0 fully saturated rings. The van der Waals surface area contributed by atoms with Gasteiger partial charge in [0.05, 0.1) is 5.69 Å². The van der Waals surface area contributed by atoms with E-state index in [-0.39, 0.29) is 11.8 Å². The Hall–Kier alpha value is -1.29. The van der Waals surface area contributed by atoms with Crippen LogP contribution in [0.1, 0.15) is 5.56 Å². The van der Waals surface area contributed by atoms with Crippen molar-refractivity contribution in [1.29, 1.82) is 0 Å². The maximum atomic E-state index is 13.1. The van der Waals surface area contributed by atoms with Gasteiger partial charge in [0.2, 0.25) is 0 Å². The Kier molecular flexibility index (Phi) is 3.71. The Morgan fingerprint density at radius 3 is 3.00 bits per heavy atom. The molecular weight excluding hydrogens is 209 g/mol. The minimum atomic E-state index is -0.774. The van der Waals surface area contributed by atoms with Crippen LogP contribution in [0.2, 0.25) is 0 Å². The molecular formula is C9H9ClFNO2. The molecule has 1 aromatic rings. The molecule has 0 aliphatic rings. The highest BCUT2D eigenvalue weighted by Crippen LogP contribution is 2.15. The molecule has 5 heteroatoms. The van der Waals surface area contributed by atoms with Crippen LogP contribution in [-0.4, -0.2) is 12.2 Å². The van der Waals surface area contributed by atoms with Crippen LogP contribution in [0.3, 0.4) is 0 Å². The number of aryl methyl sites for hydroxylation is 1. The Labute approximate surface area is 85.8 Å². The summed E-state index contributed by atoms with van der Waals surface area (Å²) in [6.07, 6.45) is -0.774. The monoisotopic (exact) mass is 217 g/mol. The highest BCUT2D eigenvalue weighted by Gasteiger charge is 2.06. The van der Waals surface area contributed by atoms with Crippen LogP contribution in [0.5, 0.6) is 0 Å². The molecule has 0 radical (unpaired) electrons. The van der Waals surface area contributed by atoms with E-state index < -0.39 is 11.9 Å². The number of nitrogens with one attached hydrogen (secondary N) is 1. The molecule has 0 bridgehead atoms. The van der Waals surface area contributed by atoms with Crippen molar-refractivity contribution in [3.8, 4) is 0 Å². The molecule has 1 rings (SSSR count). The van der Waals surface area contributed by atoms with Gasteiger partial charge in [-0.15, -0.1) is 0 Å². The molecule has 0 aliphatic carbocycles. The van der Waals surface area contributed by atoms with E-state index in [0.717, 1.165) is 5.56 Å². The van der Waals surface area contributed by atoms with Crippen molar-refractivity contribution in [3.05, 3.63) is 29.6 Å². The molecule has 1 amide bonds. The highest BCUT2D eigenvalue weighted by molar-refractivity contribution is 6.17. The van der Waals surface area contributed by atoms with Gasteiger partial charge in [0.15, 0.2) is 6.07 Å². The van der Waals surface area contributed by atoms with Gasteiger partial charge in [0.25, 0.3) is 0 Å². The van der Waals surface area contributed by atoms with Crippen molar-refractivity contribution >= 4 is 23.4 Å². The minimum Gasteiger partial charge on any atom is -0.433 e. The van der Waals surface area contributed by atoms with Crippen LogP contribution in [0.25, 0.3) is 0 Å². The molecule has 3 nitrogen and oxygen atoms in total. The third kappa shape index (κ3) is 2.88. The third-order valence-electron chi connectivity index (χ3n) is 1.54. The summed E-state index contributed by atoms with van der Waals surface area (Å²) in [4.78, 5) is 10.9. The summed E-state index contributed by atoms with van der Waals surface area (Å²) < 4.78 is 17.5. The van der Waals surface area contributed by atoms with Crippen LogP contribution in [0.4, 0.5) is 14.9 Å². The molecule has 76 valence electrons. The van der Waals surface area contributed by atoms with Crippen molar-refractivity contribution in [2.45, 2.75) is 6.92 Å². The summed E-state index contributed by atoms with van der Waals surface area (Å²) in [6, 6.07) is 4.11. The first-order chi connectivity index (χ1) is 6.63. The second kappa shape index (κ2) is 4.81. The van der Waals surface area contributed by atoms with Crippen molar-refractivity contribution in [1.82, 2.24) is 0 Å². The van der Waals surface area contributed by atoms with Crippen molar-refractivity contribution < 1.29 is 13.9 Å². The number of carbonyl (C=O) groups is 1. The first kappa shape index (κ1) is 10.8. The molecule has 0 heterocycles. The van der Waals surface area contributed by atoms with Gasteiger partial charge in [-0.3, -0.25) is 5.32 Å². The summed E-state index contributed by atoms with van der Waals surface area (Å²) in [5.41, 5.74) is 0.924. The van der Waals surface area contributed by atoms with Crippen LogP contribution in [0, 0.1) is 12.7 Å². The van der Waals surface area contributed by atoms with Crippen molar-refractivity contribution in [2.75, 3.05) is 11.4 Å². The van der Waals surface area contributed by atoms with Crippen LogP contribution in [-0.2, 0) is 4.74 Å². The average molecular weight is 218 g/mol. The standard InChI is InChI=1S/C9H9ClFNO2/c1-6-2-3-7(11)8(4-6)12-9(13)14-5-10/h2-4H,5H2,1H3,(H,12,13). The first-order valence-electron chi connectivity index (χ1n) is 3.89. The number of benzene rings is 1. The number of hydrogen-bond donors (Lipinski definition) is 1. The summed E-state index contributed by atoms with van der Waals surface area (Å²) in [5.74, 6) is -0.512. The second-order valence-corrected chi connectivity index (χ2v) is 2.87. The predicted octanol–water partition coefficient (Wildman–Crippen LogP) is 2.88. The smallest absolute Gasteiger partial charge is 0.412 e. The van der Waals surface area contributed by atoms with Gasteiger partial charge < -0.3 is 4.74 Å². The average Bonchev–Trinajstić information content (AvgIpc) is 2.12. The van der Waals surface area contributed by atoms with E-state index >= 15 is 0 Å². The Balaban J connectivity index is 2.75. The summed E-state index contributed by atoms with van der Waals surface area (Å²) in [5, 5.41) is 2.23. The molecule has 0 aliphatic heterocycles. The molecule has 0 aromatic heterocycles. The second-order valence-electron chi connectivity index (χ2n) is 2.65.